The molecule has 94 valence electrons. The van der Waals surface area contributed by atoms with Crippen LogP contribution in [0.25, 0.3) is 0 Å². The third-order valence-corrected chi connectivity index (χ3v) is 2.35. The van der Waals surface area contributed by atoms with Crippen molar-refractivity contribution in [3.05, 3.63) is 29.8 Å². The lowest BCUT2D eigenvalue weighted by molar-refractivity contribution is -0.120. The van der Waals surface area contributed by atoms with Gasteiger partial charge in [0.15, 0.2) is 0 Å². The lowest BCUT2D eigenvalue weighted by atomic mass is 10.2. The Morgan fingerprint density at radius 3 is 2.76 bits per heavy atom. The Bertz CT molecular complexity index is 366. The number of aryl methyl sites for hydroxylation is 1. The highest BCUT2D eigenvalue weighted by molar-refractivity contribution is 5.77. The van der Waals surface area contributed by atoms with Crippen LogP contribution in [0.4, 0.5) is 0 Å². The van der Waals surface area contributed by atoms with E-state index >= 15 is 0 Å². The smallest absolute Gasteiger partial charge is 0.234 e. The van der Waals surface area contributed by atoms with E-state index in [0.29, 0.717) is 13.1 Å². The van der Waals surface area contributed by atoms with Crippen molar-refractivity contribution in [1.82, 2.24) is 10.6 Å². The zero-order chi connectivity index (χ0) is 12.7. The molecule has 17 heavy (non-hydrogen) atoms. The summed E-state index contributed by atoms with van der Waals surface area (Å²) in [7, 11) is 1.74. The summed E-state index contributed by atoms with van der Waals surface area (Å²) >= 11 is 0. The van der Waals surface area contributed by atoms with Crippen LogP contribution >= 0.6 is 0 Å². The molecule has 0 heterocycles. The first-order chi connectivity index (χ1) is 8.13. The summed E-state index contributed by atoms with van der Waals surface area (Å²) in [6.07, 6.45) is -0.0445. The molecule has 1 aromatic rings. The van der Waals surface area contributed by atoms with Gasteiger partial charge in [0, 0.05) is 0 Å². The quantitative estimate of drug-likeness (QED) is 0.777. The molecule has 1 atom stereocenters. The molecule has 1 unspecified atom stereocenters. The van der Waals surface area contributed by atoms with E-state index in [0.717, 1.165) is 11.3 Å². The molecule has 0 saturated carbocycles. The van der Waals surface area contributed by atoms with Gasteiger partial charge >= 0.3 is 0 Å². The van der Waals surface area contributed by atoms with Crippen molar-refractivity contribution in [2.75, 3.05) is 20.1 Å². The van der Waals surface area contributed by atoms with Gasteiger partial charge in [-0.05, 0) is 32.5 Å². The first kappa shape index (κ1) is 13.5. The molecule has 4 heteroatoms. The van der Waals surface area contributed by atoms with Gasteiger partial charge in [-0.3, -0.25) is 4.79 Å². The minimum atomic E-state index is -0.0445. The summed E-state index contributed by atoms with van der Waals surface area (Å²) in [6, 6.07) is 7.85. The molecule has 1 rings (SSSR count). The lowest BCUT2D eigenvalue weighted by Gasteiger charge is -2.16. The van der Waals surface area contributed by atoms with Gasteiger partial charge in [0.25, 0.3) is 0 Å². The average molecular weight is 236 g/mol. The van der Waals surface area contributed by atoms with E-state index in [2.05, 4.69) is 10.6 Å². The second-order valence-electron chi connectivity index (χ2n) is 4.03. The first-order valence-corrected chi connectivity index (χ1v) is 5.77. The van der Waals surface area contributed by atoms with Crippen LogP contribution in [0.15, 0.2) is 24.3 Å². The van der Waals surface area contributed by atoms with Crippen molar-refractivity contribution in [3.63, 3.8) is 0 Å². The van der Waals surface area contributed by atoms with Crippen molar-refractivity contribution in [2.24, 2.45) is 0 Å². The number of nitrogens with one attached hydrogen (secondary N) is 2. The Labute approximate surface area is 102 Å². The molecule has 0 radical (unpaired) electrons. The zero-order valence-corrected chi connectivity index (χ0v) is 10.6. The largest absolute Gasteiger partial charge is 0.489 e. The topological polar surface area (TPSA) is 50.4 Å². The summed E-state index contributed by atoms with van der Waals surface area (Å²) in [5, 5.41) is 5.59. The number of benzene rings is 1. The van der Waals surface area contributed by atoms with E-state index in [1.54, 1.807) is 7.05 Å². The fraction of sp³-hybridized carbons (Fsp3) is 0.462. The zero-order valence-electron chi connectivity index (χ0n) is 10.6. The van der Waals surface area contributed by atoms with E-state index in [9.17, 15) is 4.79 Å². The van der Waals surface area contributed by atoms with Gasteiger partial charge in [-0.2, -0.15) is 0 Å². The summed E-state index contributed by atoms with van der Waals surface area (Å²) in [5.74, 6) is 0.843. The molecule has 0 spiro atoms. The Morgan fingerprint density at radius 2 is 2.12 bits per heavy atom. The van der Waals surface area contributed by atoms with E-state index in [-0.39, 0.29) is 12.0 Å². The van der Waals surface area contributed by atoms with Crippen LogP contribution in [0.3, 0.4) is 0 Å². The van der Waals surface area contributed by atoms with Crippen LogP contribution in [0.5, 0.6) is 5.75 Å². The van der Waals surface area contributed by atoms with Gasteiger partial charge in [0.1, 0.15) is 11.9 Å². The average Bonchev–Trinajstić information content (AvgIpc) is 2.30. The SMILES string of the molecule is CNCC(=O)NCC(C)Oc1ccccc1C. The molecule has 0 saturated heterocycles. The Hall–Kier alpha value is -1.55. The molecule has 0 aliphatic carbocycles. The molecule has 0 aliphatic rings. The Kier molecular flexibility index (Phi) is 5.49. The van der Waals surface area contributed by atoms with Crippen LogP contribution in [-0.4, -0.2) is 32.1 Å². The van der Waals surface area contributed by atoms with Crippen LogP contribution in [0.2, 0.25) is 0 Å². The van der Waals surface area contributed by atoms with E-state index in [4.69, 9.17) is 4.74 Å². The van der Waals surface area contributed by atoms with Gasteiger partial charge in [-0.1, -0.05) is 18.2 Å². The van der Waals surface area contributed by atoms with Crippen LogP contribution in [-0.2, 0) is 4.79 Å². The first-order valence-electron chi connectivity index (χ1n) is 5.77. The summed E-state index contributed by atoms with van der Waals surface area (Å²) in [5.41, 5.74) is 1.10. The number of carbonyl (C=O) groups is 1. The predicted octanol–water partition coefficient (Wildman–Crippen LogP) is 1.10. The molecule has 1 amide bonds. The Balaban J connectivity index is 2.37. The Morgan fingerprint density at radius 1 is 1.41 bits per heavy atom. The van der Waals surface area contributed by atoms with E-state index in [1.165, 1.54) is 0 Å². The molecular formula is C13H20N2O2. The maximum absolute atomic E-state index is 11.2. The molecule has 0 aromatic heterocycles. The molecule has 0 fully saturated rings. The highest BCUT2D eigenvalue weighted by atomic mass is 16.5. The number of amides is 1. The highest BCUT2D eigenvalue weighted by Gasteiger charge is 2.07. The fourth-order valence-corrected chi connectivity index (χ4v) is 1.43. The summed E-state index contributed by atoms with van der Waals surface area (Å²) in [6.45, 7) is 4.78. The third kappa shape index (κ3) is 4.87. The van der Waals surface area contributed by atoms with Crippen LogP contribution in [0.1, 0.15) is 12.5 Å². The standard InChI is InChI=1S/C13H20N2O2/c1-10-6-4-5-7-12(10)17-11(2)8-15-13(16)9-14-3/h4-7,11,14H,8-9H2,1-3H3,(H,15,16). The maximum Gasteiger partial charge on any atom is 0.234 e. The predicted molar refractivity (Wildman–Crippen MR) is 68.2 cm³/mol. The molecule has 0 aliphatic heterocycles. The molecule has 0 bridgehead atoms. The van der Waals surface area contributed by atoms with Crippen molar-refractivity contribution in [2.45, 2.75) is 20.0 Å². The number of para-hydroxylation sites is 1. The second-order valence-corrected chi connectivity index (χ2v) is 4.03. The summed E-state index contributed by atoms with van der Waals surface area (Å²) < 4.78 is 5.74. The van der Waals surface area contributed by atoms with E-state index < -0.39 is 0 Å². The van der Waals surface area contributed by atoms with Crippen LogP contribution in [0, 0.1) is 6.92 Å². The van der Waals surface area contributed by atoms with Crippen molar-refractivity contribution in [1.29, 1.82) is 0 Å². The lowest BCUT2D eigenvalue weighted by Crippen LogP contribution is -2.38. The number of carbonyl (C=O) groups excluding carboxylic acids is 1. The normalized spacial score (nSPS) is 11.9. The number of likely N-dealkylation sites (N-methyl/N-ethyl adjacent to an activating group) is 1. The fourth-order valence-electron chi connectivity index (χ4n) is 1.43. The van der Waals surface area contributed by atoms with Gasteiger partial charge in [-0.15, -0.1) is 0 Å². The second kappa shape index (κ2) is 6.91. The number of hydrogen-bond donors (Lipinski definition) is 2. The molecular weight excluding hydrogens is 216 g/mol. The van der Waals surface area contributed by atoms with Crippen LogP contribution < -0.4 is 15.4 Å². The van der Waals surface area contributed by atoms with Gasteiger partial charge in [0.05, 0.1) is 13.1 Å². The van der Waals surface area contributed by atoms with Crippen molar-refractivity contribution in [3.8, 4) is 5.75 Å². The minimum Gasteiger partial charge on any atom is -0.489 e. The highest BCUT2D eigenvalue weighted by Crippen LogP contribution is 2.17. The number of rotatable bonds is 6. The van der Waals surface area contributed by atoms with Crippen molar-refractivity contribution < 1.29 is 9.53 Å². The molecule has 4 nitrogen and oxygen atoms in total. The number of ether oxygens (including phenoxy) is 1. The monoisotopic (exact) mass is 236 g/mol. The third-order valence-electron chi connectivity index (χ3n) is 2.35. The molecule has 2 N–H and O–H groups in total. The maximum atomic E-state index is 11.2. The van der Waals surface area contributed by atoms with E-state index in [1.807, 2.05) is 38.1 Å². The van der Waals surface area contributed by atoms with Gasteiger partial charge in [-0.25, -0.2) is 0 Å². The minimum absolute atomic E-state index is 0.0206. The van der Waals surface area contributed by atoms with Gasteiger partial charge in [0.2, 0.25) is 5.91 Å². The summed E-state index contributed by atoms with van der Waals surface area (Å²) in [4.78, 5) is 11.2. The molecule has 1 aromatic carbocycles. The number of hydrogen-bond acceptors (Lipinski definition) is 3. The van der Waals surface area contributed by atoms with Gasteiger partial charge < -0.3 is 15.4 Å². The van der Waals surface area contributed by atoms with Crippen molar-refractivity contribution >= 4 is 5.91 Å².